The molecule has 5 heteroatoms. The maximum absolute atomic E-state index is 8.85. The molecule has 0 amide bonds. The second-order valence-corrected chi connectivity index (χ2v) is 4.87. The van der Waals surface area contributed by atoms with Crippen molar-refractivity contribution in [1.29, 1.82) is 0 Å². The average molecular weight is 252 g/mol. The molecule has 0 aromatic carbocycles. The van der Waals surface area contributed by atoms with Crippen molar-refractivity contribution < 1.29 is 9.52 Å². The molecule has 0 atom stereocenters. The van der Waals surface area contributed by atoms with Crippen LogP contribution < -0.4 is 5.32 Å². The third-order valence-electron chi connectivity index (χ3n) is 2.40. The summed E-state index contributed by atoms with van der Waals surface area (Å²) in [6.45, 7) is 3.53. The van der Waals surface area contributed by atoms with Gasteiger partial charge in [-0.3, -0.25) is 0 Å². The zero-order chi connectivity index (χ0) is 12.1. The number of thiazole rings is 1. The highest BCUT2D eigenvalue weighted by molar-refractivity contribution is 7.09. The van der Waals surface area contributed by atoms with Gasteiger partial charge in [0.15, 0.2) is 0 Å². The molecule has 2 aromatic heterocycles. The Labute approximate surface area is 104 Å². The molecule has 0 saturated heterocycles. The third kappa shape index (κ3) is 3.66. The average Bonchev–Trinajstić information content (AvgIpc) is 2.93. The Morgan fingerprint density at radius 1 is 1.41 bits per heavy atom. The minimum absolute atomic E-state index is 0.0436. The number of furan rings is 1. The number of hydrogen-bond acceptors (Lipinski definition) is 5. The summed E-state index contributed by atoms with van der Waals surface area (Å²) in [4.78, 5) is 4.39. The molecule has 92 valence electrons. The maximum atomic E-state index is 8.85. The SMILES string of the molecule is Cc1nc(CCNCc2ccc(CO)o2)cs1. The predicted octanol–water partition coefficient (Wildman–Crippen LogP) is 1.87. The first kappa shape index (κ1) is 12.3. The van der Waals surface area contributed by atoms with Crippen molar-refractivity contribution in [2.45, 2.75) is 26.5 Å². The number of aryl methyl sites for hydroxylation is 1. The lowest BCUT2D eigenvalue weighted by molar-refractivity contribution is 0.243. The molecule has 2 N–H and O–H groups in total. The van der Waals surface area contributed by atoms with Crippen LogP contribution >= 0.6 is 11.3 Å². The topological polar surface area (TPSA) is 58.3 Å². The van der Waals surface area contributed by atoms with Gasteiger partial charge in [0.25, 0.3) is 0 Å². The molecule has 2 aromatic rings. The lowest BCUT2D eigenvalue weighted by Gasteiger charge is -2.00. The first-order chi connectivity index (χ1) is 8.28. The van der Waals surface area contributed by atoms with E-state index in [1.807, 2.05) is 13.0 Å². The van der Waals surface area contributed by atoms with E-state index in [4.69, 9.17) is 9.52 Å². The van der Waals surface area contributed by atoms with Crippen molar-refractivity contribution in [3.05, 3.63) is 39.7 Å². The first-order valence-corrected chi connectivity index (χ1v) is 6.46. The van der Waals surface area contributed by atoms with Gasteiger partial charge in [0.05, 0.1) is 17.2 Å². The van der Waals surface area contributed by atoms with Gasteiger partial charge in [-0.05, 0) is 19.1 Å². The molecule has 0 spiro atoms. The molecular formula is C12H16N2O2S. The monoisotopic (exact) mass is 252 g/mol. The predicted molar refractivity (Wildman–Crippen MR) is 66.9 cm³/mol. The molecule has 4 nitrogen and oxygen atoms in total. The summed E-state index contributed by atoms with van der Waals surface area (Å²) in [5.41, 5.74) is 1.13. The quantitative estimate of drug-likeness (QED) is 0.771. The lowest BCUT2D eigenvalue weighted by Crippen LogP contribution is -2.16. The van der Waals surface area contributed by atoms with Gasteiger partial charge >= 0.3 is 0 Å². The van der Waals surface area contributed by atoms with Crippen molar-refractivity contribution in [2.75, 3.05) is 6.54 Å². The van der Waals surface area contributed by atoms with E-state index in [1.54, 1.807) is 17.4 Å². The minimum Gasteiger partial charge on any atom is -0.462 e. The van der Waals surface area contributed by atoms with Crippen LogP contribution in [0.5, 0.6) is 0 Å². The number of nitrogens with one attached hydrogen (secondary N) is 1. The van der Waals surface area contributed by atoms with E-state index < -0.39 is 0 Å². The van der Waals surface area contributed by atoms with Crippen LogP contribution in [-0.4, -0.2) is 16.6 Å². The fourth-order valence-corrected chi connectivity index (χ4v) is 2.20. The molecular weight excluding hydrogens is 236 g/mol. The van der Waals surface area contributed by atoms with Crippen molar-refractivity contribution >= 4 is 11.3 Å². The zero-order valence-electron chi connectivity index (χ0n) is 9.77. The largest absolute Gasteiger partial charge is 0.462 e. The van der Waals surface area contributed by atoms with Crippen LogP contribution in [0.4, 0.5) is 0 Å². The number of hydrogen-bond donors (Lipinski definition) is 2. The summed E-state index contributed by atoms with van der Waals surface area (Å²) >= 11 is 1.68. The molecule has 0 bridgehead atoms. The third-order valence-corrected chi connectivity index (χ3v) is 3.22. The van der Waals surface area contributed by atoms with Crippen LogP contribution in [0.1, 0.15) is 22.2 Å². The van der Waals surface area contributed by atoms with Crippen LogP contribution in [0, 0.1) is 6.92 Å². The Balaban J connectivity index is 1.69. The fraction of sp³-hybridized carbons (Fsp3) is 0.417. The van der Waals surface area contributed by atoms with Gasteiger partial charge in [0, 0.05) is 18.3 Å². The molecule has 0 unspecified atom stereocenters. The molecule has 0 aliphatic heterocycles. The van der Waals surface area contributed by atoms with E-state index in [0.717, 1.165) is 29.4 Å². The number of nitrogens with zero attached hydrogens (tertiary/aromatic N) is 1. The Hall–Kier alpha value is -1.17. The van der Waals surface area contributed by atoms with Crippen LogP contribution in [-0.2, 0) is 19.6 Å². The fourth-order valence-electron chi connectivity index (χ4n) is 1.55. The van der Waals surface area contributed by atoms with Gasteiger partial charge < -0.3 is 14.8 Å². The van der Waals surface area contributed by atoms with E-state index in [2.05, 4.69) is 15.7 Å². The number of rotatable bonds is 6. The zero-order valence-corrected chi connectivity index (χ0v) is 10.6. The van der Waals surface area contributed by atoms with Crippen LogP contribution in [0.25, 0.3) is 0 Å². The van der Waals surface area contributed by atoms with Crippen molar-refractivity contribution in [1.82, 2.24) is 10.3 Å². The highest BCUT2D eigenvalue weighted by Crippen LogP contribution is 2.09. The normalized spacial score (nSPS) is 10.9. The first-order valence-electron chi connectivity index (χ1n) is 5.58. The second-order valence-electron chi connectivity index (χ2n) is 3.81. The van der Waals surface area contributed by atoms with Crippen LogP contribution in [0.15, 0.2) is 21.9 Å². The van der Waals surface area contributed by atoms with Crippen molar-refractivity contribution in [2.24, 2.45) is 0 Å². The van der Waals surface area contributed by atoms with Crippen LogP contribution in [0.3, 0.4) is 0 Å². The Morgan fingerprint density at radius 2 is 2.24 bits per heavy atom. The van der Waals surface area contributed by atoms with Crippen molar-refractivity contribution in [3.63, 3.8) is 0 Å². The maximum Gasteiger partial charge on any atom is 0.129 e. The highest BCUT2D eigenvalue weighted by Gasteiger charge is 2.01. The smallest absolute Gasteiger partial charge is 0.129 e. The van der Waals surface area contributed by atoms with Gasteiger partial charge in [-0.15, -0.1) is 11.3 Å². The van der Waals surface area contributed by atoms with E-state index >= 15 is 0 Å². The standard InChI is InChI=1S/C12H16N2O2S/c1-9-14-10(8-17-9)4-5-13-6-11-2-3-12(7-15)16-11/h2-3,8,13,15H,4-7H2,1H3. The molecule has 0 fully saturated rings. The summed E-state index contributed by atoms with van der Waals surface area (Å²) in [6.07, 6.45) is 0.928. The highest BCUT2D eigenvalue weighted by atomic mass is 32.1. The van der Waals surface area contributed by atoms with Crippen LogP contribution in [0.2, 0.25) is 0 Å². The Kier molecular flexibility index (Phi) is 4.30. The summed E-state index contributed by atoms with van der Waals surface area (Å²) in [7, 11) is 0. The molecule has 0 saturated carbocycles. The van der Waals surface area contributed by atoms with Gasteiger partial charge in [0.2, 0.25) is 0 Å². The molecule has 0 radical (unpaired) electrons. The minimum atomic E-state index is -0.0436. The summed E-state index contributed by atoms with van der Waals surface area (Å²) in [5, 5.41) is 15.3. The summed E-state index contributed by atoms with van der Waals surface area (Å²) in [6, 6.07) is 3.67. The Bertz CT molecular complexity index is 465. The number of aliphatic hydroxyl groups is 1. The van der Waals surface area contributed by atoms with E-state index in [0.29, 0.717) is 12.3 Å². The summed E-state index contributed by atoms with van der Waals surface area (Å²) in [5.74, 6) is 1.46. The summed E-state index contributed by atoms with van der Waals surface area (Å²) < 4.78 is 5.36. The van der Waals surface area contributed by atoms with Crippen molar-refractivity contribution in [3.8, 4) is 0 Å². The molecule has 2 rings (SSSR count). The number of aromatic nitrogens is 1. The lowest BCUT2D eigenvalue weighted by atomic mass is 10.3. The number of aliphatic hydroxyl groups excluding tert-OH is 1. The van der Waals surface area contributed by atoms with Gasteiger partial charge in [-0.2, -0.15) is 0 Å². The van der Waals surface area contributed by atoms with Gasteiger partial charge in [-0.25, -0.2) is 4.98 Å². The Morgan fingerprint density at radius 3 is 2.88 bits per heavy atom. The molecule has 0 aliphatic rings. The molecule has 0 aliphatic carbocycles. The van der Waals surface area contributed by atoms with E-state index in [9.17, 15) is 0 Å². The van der Waals surface area contributed by atoms with E-state index in [1.165, 1.54) is 0 Å². The second kappa shape index (κ2) is 5.95. The van der Waals surface area contributed by atoms with E-state index in [-0.39, 0.29) is 6.61 Å². The molecule has 2 heterocycles. The van der Waals surface area contributed by atoms with Gasteiger partial charge in [0.1, 0.15) is 18.1 Å². The van der Waals surface area contributed by atoms with Gasteiger partial charge in [-0.1, -0.05) is 0 Å². The molecule has 17 heavy (non-hydrogen) atoms.